The Balaban J connectivity index is 1.94. The second kappa shape index (κ2) is 9.52. The van der Waals surface area contributed by atoms with Crippen LogP contribution in [-0.2, 0) is 19.1 Å². The van der Waals surface area contributed by atoms with Crippen LogP contribution in [0.5, 0.6) is 5.75 Å². The molecule has 0 spiro atoms. The van der Waals surface area contributed by atoms with Crippen molar-refractivity contribution < 1.29 is 49.4 Å². The van der Waals surface area contributed by atoms with Crippen molar-refractivity contribution >= 4 is 35.0 Å². The number of carbonyl (C=O) groups excluding carboxylic acids is 4. The molecule has 0 aliphatic heterocycles. The highest BCUT2D eigenvalue weighted by Crippen LogP contribution is 2.56. The summed E-state index contributed by atoms with van der Waals surface area (Å²) in [5.41, 5.74) is 0.618. The zero-order valence-corrected chi connectivity index (χ0v) is 21.3. The molecule has 1 aromatic rings. The lowest BCUT2D eigenvalue weighted by molar-refractivity contribution is -0.169. The number of primary amides is 1. The lowest BCUT2D eigenvalue weighted by Gasteiger charge is -2.53. The number of Topliss-reactive ketones (excluding diaryl/α,β-unsaturated/α-hetero) is 2. The second-order valence-corrected chi connectivity index (χ2v) is 9.99. The smallest absolute Gasteiger partial charge is 0.412 e. The number of anilines is 1. The fourth-order valence-corrected chi connectivity index (χ4v) is 6.00. The van der Waals surface area contributed by atoms with E-state index in [-0.39, 0.29) is 17.9 Å². The van der Waals surface area contributed by atoms with Crippen molar-refractivity contribution in [3.05, 3.63) is 52.8 Å². The van der Waals surface area contributed by atoms with Gasteiger partial charge in [0, 0.05) is 11.5 Å². The SMILES string of the molecule is C=CCOC(=O)Nc1ccc2c(c1O)C(O)=C1C(=O)[C@@]3(O)C(O)=C(C(N)=O)C(=O)[C@H](N(C)C)[C@@H]3[C@@H](O)[C@@H]1[C@H]2C. The van der Waals surface area contributed by atoms with Gasteiger partial charge in [-0.2, -0.15) is 0 Å². The van der Waals surface area contributed by atoms with Crippen LogP contribution in [0, 0.1) is 11.8 Å². The van der Waals surface area contributed by atoms with E-state index in [1.165, 1.54) is 37.2 Å². The van der Waals surface area contributed by atoms with Crippen LogP contribution < -0.4 is 11.1 Å². The highest BCUT2D eigenvalue weighted by Gasteiger charge is 2.68. The lowest BCUT2D eigenvalue weighted by Crippen LogP contribution is -2.70. The Kier molecular flexibility index (Phi) is 6.79. The molecule has 0 radical (unpaired) electrons. The van der Waals surface area contributed by atoms with Crippen molar-refractivity contribution in [2.45, 2.75) is 30.6 Å². The van der Waals surface area contributed by atoms with Crippen LogP contribution in [0.15, 0.2) is 41.7 Å². The second-order valence-electron chi connectivity index (χ2n) is 9.99. The Bertz CT molecular complexity index is 1380. The van der Waals surface area contributed by atoms with Crippen LogP contribution in [0.1, 0.15) is 24.0 Å². The number of nitrogens with two attached hydrogens (primary N) is 1. The summed E-state index contributed by atoms with van der Waals surface area (Å²) in [5, 5.41) is 58.7. The third-order valence-electron chi connectivity index (χ3n) is 7.70. The van der Waals surface area contributed by atoms with E-state index in [9.17, 15) is 44.7 Å². The molecule has 1 aromatic carbocycles. The van der Waals surface area contributed by atoms with E-state index in [4.69, 9.17) is 10.5 Å². The van der Waals surface area contributed by atoms with Gasteiger partial charge in [-0.25, -0.2) is 4.79 Å². The molecule has 1 fully saturated rings. The first-order chi connectivity index (χ1) is 18.2. The number of phenolic OH excluding ortho intramolecular Hbond substituents is 1. The molecule has 3 aliphatic carbocycles. The van der Waals surface area contributed by atoms with Gasteiger partial charge in [0.25, 0.3) is 5.91 Å². The Morgan fingerprint density at radius 3 is 2.44 bits per heavy atom. The number of benzene rings is 1. The number of amides is 2. The summed E-state index contributed by atoms with van der Waals surface area (Å²) < 4.78 is 4.83. The van der Waals surface area contributed by atoms with Crippen LogP contribution in [0.3, 0.4) is 0 Å². The number of hydrogen-bond acceptors (Lipinski definition) is 11. The summed E-state index contributed by atoms with van der Waals surface area (Å²) in [6, 6.07) is 1.36. The molecule has 8 N–H and O–H groups in total. The van der Waals surface area contributed by atoms with Crippen LogP contribution in [0.4, 0.5) is 10.5 Å². The molecule has 1 saturated carbocycles. The Hall–Kier alpha value is -4.20. The van der Waals surface area contributed by atoms with Gasteiger partial charge in [0.05, 0.1) is 29.3 Å². The van der Waals surface area contributed by atoms with Gasteiger partial charge in [-0.15, -0.1) is 0 Å². The van der Waals surface area contributed by atoms with Gasteiger partial charge in [0.15, 0.2) is 11.4 Å². The number of aromatic hydroxyl groups is 1. The lowest BCUT2D eigenvalue weighted by atomic mass is 9.54. The molecule has 2 amide bonds. The van der Waals surface area contributed by atoms with Crippen LogP contribution in [0.2, 0.25) is 0 Å². The van der Waals surface area contributed by atoms with Crippen molar-refractivity contribution in [1.29, 1.82) is 0 Å². The van der Waals surface area contributed by atoms with E-state index in [2.05, 4.69) is 11.9 Å². The van der Waals surface area contributed by atoms with E-state index in [1.54, 1.807) is 6.92 Å². The maximum atomic E-state index is 13.9. The highest BCUT2D eigenvalue weighted by molar-refractivity contribution is 6.24. The first-order valence-electron chi connectivity index (χ1n) is 11.9. The van der Waals surface area contributed by atoms with Crippen LogP contribution >= 0.6 is 0 Å². The number of fused-ring (bicyclic) bond motifs is 3. The molecule has 0 unspecified atom stereocenters. The number of carbonyl (C=O) groups is 4. The monoisotopic (exact) mass is 543 g/mol. The first kappa shape index (κ1) is 27.8. The number of aliphatic hydroxyl groups excluding tert-OH is 3. The van der Waals surface area contributed by atoms with E-state index >= 15 is 0 Å². The number of rotatable bonds is 5. The van der Waals surface area contributed by atoms with Crippen LogP contribution in [0.25, 0.3) is 5.76 Å². The van der Waals surface area contributed by atoms with E-state index in [0.717, 1.165) is 0 Å². The minimum absolute atomic E-state index is 0.113. The summed E-state index contributed by atoms with van der Waals surface area (Å²) in [4.78, 5) is 52.5. The fraction of sp³-hybridized carbons (Fsp3) is 0.385. The summed E-state index contributed by atoms with van der Waals surface area (Å²) in [7, 11) is 2.85. The molecule has 13 nitrogen and oxygen atoms in total. The molecule has 0 heterocycles. The highest BCUT2D eigenvalue weighted by atomic mass is 16.5. The topological polar surface area (TPSA) is 220 Å². The maximum Gasteiger partial charge on any atom is 0.412 e. The maximum absolute atomic E-state index is 13.9. The Morgan fingerprint density at radius 2 is 1.87 bits per heavy atom. The molecule has 13 heteroatoms. The predicted octanol–water partition coefficient (Wildman–Crippen LogP) is 0.230. The molecule has 39 heavy (non-hydrogen) atoms. The largest absolute Gasteiger partial charge is 0.508 e. The molecule has 0 saturated heterocycles. The van der Waals surface area contributed by atoms with Gasteiger partial charge in [-0.3, -0.25) is 24.6 Å². The minimum atomic E-state index is -3.01. The van der Waals surface area contributed by atoms with Gasteiger partial charge in [-0.1, -0.05) is 25.6 Å². The van der Waals surface area contributed by atoms with Crippen molar-refractivity contribution in [2.75, 3.05) is 26.0 Å². The van der Waals surface area contributed by atoms with E-state index < -0.39 is 87.5 Å². The van der Waals surface area contributed by atoms with Crippen molar-refractivity contribution in [3.8, 4) is 5.75 Å². The van der Waals surface area contributed by atoms with Gasteiger partial charge in [0.2, 0.25) is 5.78 Å². The van der Waals surface area contributed by atoms with Crippen LogP contribution in [-0.4, -0.2) is 92.4 Å². The molecule has 0 bridgehead atoms. The Morgan fingerprint density at radius 1 is 1.23 bits per heavy atom. The number of nitrogens with zero attached hydrogens (tertiary/aromatic N) is 1. The standard InChI is InChI=1S/C26H29N3O10/c1-5-8-39-25(37)28-11-7-6-10-9(2)12-14(19(31)13(10)18(11)30)22(34)26(38)16(20(12)32)17(29(3)4)21(33)15(23(26)35)24(27)36/h5-7,9,12,16-17,20,30-32,35,38H,1,8H2,2-4H3,(H2,27,36)(H,28,37)/t9-,12+,16+,17+,20-,26+/m0/s1. The average molecular weight is 544 g/mol. The zero-order chi connectivity index (χ0) is 29.1. The Labute approximate surface area is 222 Å². The third kappa shape index (κ3) is 3.80. The number of ketones is 2. The van der Waals surface area contributed by atoms with Crippen molar-refractivity contribution in [1.82, 2.24) is 4.90 Å². The fourth-order valence-electron chi connectivity index (χ4n) is 6.00. The molecule has 4 rings (SSSR count). The summed E-state index contributed by atoms with van der Waals surface area (Å²) in [6.07, 6.45) is -1.30. The number of phenols is 1. The zero-order valence-electron chi connectivity index (χ0n) is 21.3. The molecular formula is C26H29N3O10. The van der Waals surface area contributed by atoms with Crippen molar-refractivity contribution in [3.63, 3.8) is 0 Å². The number of hydrogen-bond donors (Lipinski definition) is 7. The number of ether oxygens (including phenoxy) is 1. The van der Waals surface area contributed by atoms with E-state index in [1.807, 2.05) is 0 Å². The number of likely N-dealkylation sites (N-methyl/N-ethyl adjacent to an activating group) is 1. The number of nitrogens with one attached hydrogen (secondary N) is 1. The summed E-state index contributed by atoms with van der Waals surface area (Å²) in [5.74, 6) is -10.0. The molecule has 0 aromatic heterocycles. The third-order valence-corrected chi connectivity index (χ3v) is 7.70. The van der Waals surface area contributed by atoms with E-state index in [0.29, 0.717) is 5.56 Å². The van der Waals surface area contributed by atoms with Gasteiger partial charge >= 0.3 is 6.09 Å². The predicted molar refractivity (Wildman–Crippen MR) is 136 cm³/mol. The molecule has 208 valence electrons. The van der Waals surface area contributed by atoms with Gasteiger partial charge in [0.1, 0.15) is 29.4 Å². The minimum Gasteiger partial charge on any atom is -0.508 e. The van der Waals surface area contributed by atoms with Gasteiger partial charge in [-0.05, 0) is 31.6 Å². The normalized spacial score (nSPS) is 29.9. The summed E-state index contributed by atoms with van der Waals surface area (Å²) in [6.45, 7) is 4.91. The van der Waals surface area contributed by atoms with Gasteiger partial charge < -0.3 is 36.0 Å². The first-order valence-corrected chi connectivity index (χ1v) is 11.9. The molecular weight excluding hydrogens is 514 g/mol. The molecule has 3 aliphatic rings. The quantitative estimate of drug-likeness (QED) is 0.151. The molecule has 6 atom stereocenters. The van der Waals surface area contributed by atoms with Crippen molar-refractivity contribution in [2.24, 2.45) is 17.6 Å². The summed E-state index contributed by atoms with van der Waals surface area (Å²) >= 11 is 0. The average Bonchev–Trinajstić information content (AvgIpc) is 2.85. The number of aliphatic hydroxyl groups is 4.